The lowest BCUT2D eigenvalue weighted by molar-refractivity contribution is 0.276. The number of hydrogen-bond donors (Lipinski definition) is 2. The largest absolute Gasteiger partial charge is 0.396 e. The summed E-state index contributed by atoms with van der Waals surface area (Å²) >= 11 is 8.22. The Hall–Kier alpha value is 0.160. The van der Waals surface area contributed by atoms with Gasteiger partial charge in [-0.3, -0.25) is 0 Å². The van der Waals surface area contributed by atoms with Crippen LogP contribution in [0.3, 0.4) is 0 Å². The number of aliphatic hydroxyl groups excluding tert-OH is 1. The summed E-state index contributed by atoms with van der Waals surface area (Å²) < 4.78 is 0.991. The highest BCUT2D eigenvalue weighted by Gasteiger charge is 2.10. The molecular formula is C9H11ClINO. The third-order valence-corrected chi connectivity index (χ3v) is 3.46. The highest BCUT2D eigenvalue weighted by molar-refractivity contribution is 14.1. The van der Waals surface area contributed by atoms with Gasteiger partial charge in [0.05, 0.1) is 5.02 Å². The Balaban J connectivity index is 2.93. The minimum atomic E-state index is -0.174. The number of halogens is 2. The first-order chi connectivity index (χ1) is 6.16. The number of benzene rings is 1. The number of hydrogen-bond acceptors (Lipinski definition) is 2. The van der Waals surface area contributed by atoms with Crippen LogP contribution >= 0.6 is 34.2 Å². The molecule has 0 amide bonds. The molecule has 4 heteroatoms. The second-order valence-electron chi connectivity index (χ2n) is 2.76. The van der Waals surface area contributed by atoms with E-state index in [4.69, 9.17) is 22.4 Å². The van der Waals surface area contributed by atoms with Crippen molar-refractivity contribution in [2.45, 2.75) is 12.5 Å². The van der Waals surface area contributed by atoms with Gasteiger partial charge in [-0.1, -0.05) is 23.7 Å². The van der Waals surface area contributed by atoms with Crippen molar-refractivity contribution in [3.05, 3.63) is 32.4 Å². The van der Waals surface area contributed by atoms with Crippen molar-refractivity contribution in [1.29, 1.82) is 0 Å². The second-order valence-corrected chi connectivity index (χ2v) is 4.30. The van der Waals surface area contributed by atoms with Gasteiger partial charge in [-0.2, -0.15) is 0 Å². The smallest absolute Gasteiger partial charge is 0.0587 e. The van der Waals surface area contributed by atoms with E-state index < -0.39 is 0 Å². The molecule has 1 aromatic rings. The third kappa shape index (κ3) is 2.80. The fraction of sp³-hybridized carbons (Fsp3) is 0.333. The highest BCUT2D eigenvalue weighted by atomic mass is 127. The fourth-order valence-corrected chi connectivity index (χ4v) is 1.89. The van der Waals surface area contributed by atoms with Crippen molar-refractivity contribution in [2.75, 3.05) is 6.61 Å². The molecule has 1 aromatic carbocycles. The summed E-state index contributed by atoms with van der Waals surface area (Å²) in [6, 6.07) is 5.57. The molecule has 1 rings (SSSR count). The van der Waals surface area contributed by atoms with Crippen molar-refractivity contribution in [3.8, 4) is 0 Å². The van der Waals surface area contributed by atoms with Crippen LogP contribution in [0, 0.1) is 3.57 Å². The van der Waals surface area contributed by atoms with Crippen molar-refractivity contribution in [3.63, 3.8) is 0 Å². The average Bonchev–Trinajstić information content (AvgIpc) is 2.10. The van der Waals surface area contributed by atoms with E-state index in [1.54, 1.807) is 0 Å². The molecule has 0 heterocycles. The molecule has 13 heavy (non-hydrogen) atoms. The molecule has 0 aliphatic heterocycles. The quantitative estimate of drug-likeness (QED) is 0.842. The van der Waals surface area contributed by atoms with E-state index in [0.29, 0.717) is 11.4 Å². The van der Waals surface area contributed by atoms with E-state index in [1.807, 2.05) is 18.2 Å². The van der Waals surface area contributed by atoms with E-state index in [2.05, 4.69) is 22.6 Å². The van der Waals surface area contributed by atoms with Gasteiger partial charge in [0.1, 0.15) is 0 Å². The highest BCUT2D eigenvalue weighted by Crippen LogP contribution is 2.27. The zero-order valence-corrected chi connectivity index (χ0v) is 9.92. The molecule has 0 aromatic heterocycles. The Bertz CT molecular complexity index is 293. The van der Waals surface area contributed by atoms with Crippen LogP contribution in [-0.2, 0) is 0 Å². The lowest BCUT2D eigenvalue weighted by Crippen LogP contribution is -2.12. The number of nitrogens with two attached hydrogens (primary N) is 1. The lowest BCUT2D eigenvalue weighted by atomic mass is 10.1. The van der Waals surface area contributed by atoms with Gasteiger partial charge in [0.25, 0.3) is 0 Å². The molecule has 0 aliphatic rings. The Morgan fingerprint density at radius 1 is 1.54 bits per heavy atom. The first-order valence-corrected chi connectivity index (χ1v) is 5.43. The van der Waals surface area contributed by atoms with Crippen LogP contribution in [0.4, 0.5) is 0 Å². The minimum absolute atomic E-state index is 0.0863. The van der Waals surface area contributed by atoms with Crippen molar-refractivity contribution in [1.82, 2.24) is 0 Å². The van der Waals surface area contributed by atoms with E-state index in [1.165, 1.54) is 0 Å². The number of rotatable bonds is 3. The summed E-state index contributed by atoms with van der Waals surface area (Å²) in [5, 5.41) is 9.43. The molecular weight excluding hydrogens is 300 g/mol. The molecule has 0 unspecified atom stereocenters. The molecule has 1 atom stereocenters. The zero-order chi connectivity index (χ0) is 9.84. The lowest BCUT2D eigenvalue weighted by Gasteiger charge is -2.12. The maximum Gasteiger partial charge on any atom is 0.0587 e. The topological polar surface area (TPSA) is 46.2 Å². The summed E-state index contributed by atoms with van der Waals surface area (Å²) in [6.07, 6.45) is 0.541. The summed E-state index contributed by atoms with van der Waals surface area (Å²) in [5.74, 6) is 0. The maximum absolute atomic E-state index is 8.73. The minimum Gasteiger partial charge on any atom is -0.396 e. The van der Waals surface area contributed by atoms with Crippen molar-refractivity contribution in [2.24, 2.45) is 5.73 Å². The summed E-state index contributed by atoms with van der Waals surface area (Å²) in [5.41, 5.74) is 6.73. The maximum atomic E-state index is 8.73. The molecule has 0 aliphatic carbocycles. The molecule has 0 spiro atoms. The van der Waals surface area contributed by atoms with E-state index in [9.17, 15) is 0 Å². The van der Waals surface area contributed by atoms with Crippen LogP contribution in [-0.4, -0.2) is 11.7 Å². The third-order valence-electron chi connectivity index (χ3n) is 1.82. The van der Waals surface area contributed by atoms with Crippen LogP contribution < -0.4 is 5.73 Å². The molecule has 0 radical (unpaired) electrons. The van der Waals surface area contributed by atoms with Crippen molar-refractivity contribution >= 4 is 34.2 Å². The fourth-order valence-electron chi connectivity index (χ4n) is 1.10. The standard InChI is InChI=1S/C9H11ClINO/c10-9-6(8(12)4-5-13)2-1-3-7(9)11/h1-3,8,13H,4-5,12H2/t8-/m0/s1. The predicted octanol–water partition coefficient (Wildman–Crippen LogP) is 2.33. The van der Waals surface area contributed by atoms with E-state index in [0.717, 1.165) is 9.13 Å². The molecule has 3 N–H and O–H groups in total. The monoisotopic (exact) mass is 311 g/mol. The molecule has 0 saturated heterocycles. The van der Waals surface area contributed by atoms with E-state index in [-0.39, 0.29) is 12.6 Å². The van der Waals surface area contributed by atoms with Crippen molar-refractivity contribution < 1.29 is 5.11 Å². The van der Waals surface area contributed by atoms with Gasteiger partial charge in [-0.05, 0) is 40.6 Å². The molecule has 72 valence electrons. The Morgan fingerprint density at radius 3 is 2.85 bits per heavy atom. The molecule has 0 fully saturated rings. The van der Waals surface area contributed by atoms with E-state index >= 15 is 0 Å². The summed E-state index contributed by atoms with van der Waals surface area (Å²) in [6.45, 7) is 0.0863. The predicted molar refractivity (Wildman–Crippen MR) is 62.8 cm³/mol. The molecule has 0 saturated carbocycles. The van der Waals surface area contributed by atoms with Gasteiger partial charge in [-0.15, -0.1) is 0 Å². The Kier molecular flexibility index (Phi) is 4.45. The van der Waals surface area contributed by atoms with Gasteiger partial charge in [0, 0.05) is 16.2 Å². The average molecular weight is 312 g/mol. The summed E-state index contributed by atoms with van der Waals surface area (Å²) in [4.78, 5) is 0. The number of aliphatic hydroxyl groups is 1. The van der Waals surface area contributed by atoms with Crippen LogP contribution in [0.5, 0.6) is 0 Å². The van der Waals surface area contributed by atoms with Crippen LogP contribution in [0.15, 0.2) is 18.2 Å². The van der Waals surface area contributed by atoms with Gasteiger partial charge in [0.15, 0.2) is 0 Å². The first kappa shape index (κ1) is 11.2. The Morgan fingerprint density at radius 2 is 2.23 bits per heavy atom. The molecule has 0 bridgehead atoms. The van der Waals surface area contributed by atoms with Gasteiger partial charge < -0.3 is 10.8 Å². The normalized spacial score (nSPS) is 12.9. The van der Waals surface area contributed by atoms with Gasteiger partial charge in [0.2, 0.25) is 0 Å². The molecule has 2 nitrogen and oxygen atoms in total. The van der Waals surface area contributed by atoms with Gasteiger partial charge in [-0.25, -0.2) is 0 Å². The summed E-state index contributed by atoms with van der Waals surface area (Å²) in [7, 11) is 0. The van der Waals surface area contributed by atoms with Crippen LogP contribution in [0.1, 0.15) is 18.0 Å². The Labute approximate surface area is 96.2 Å². The zero-order valence-electron chi connectivity index (χ0n) is 7.00. The van der Waals surface area contributed by atoms with Crippen LogP contribution in [0.25, 0.3) is 0 Å². The second kappa shape index (κ2) is 5.14. The van der Waals surface area contributed by atoms with Crippen LogP contribution in [0.2, 0.25) is 5.02 Å². The first-order valence-electron chi connectivity index (χ1n) is 3.97. The van der Waals surface area contributed by atoms with Gasteiger partial charge >= 0.3 is 0 Å². The SMILES string of the molecule is N[C@@H](CCO)c1cccc(I)c1Cl.